The smallest absolute Gasteiger partial charge is 0.256 e. The number of halogens is 2. The van der Waals surface area contributed by atoms with Gasteiger partial charge in [0.25, 0.3) is 5.91 Å². The number of hydrogen-bond acceptors (Lipinski definition) is 4. The molecule has 4 rings (SSSR count). The van der Waals surface area contributed by atoms with Crippen LogP contribution in [-0.2, 0) is 9.53 Å². The first-order valence-corrected chi connectivity index (χ1v) is 11.7. The molecule has 0 bridgehead atoms. The van der Waals surface area contributed by atoms with Crippen molar-refractivity contribution in [1.82, 2.24) is 10.2 Å². The highest BCUT2D eigenvalue weighted by Crippen LogP contribution is 2.27. The van der Waals surface area contributed by atoms with E-state index in [2.05, 4.69) is 22.3 Å². The summed E-state index contributed by atoms with van der Waals surface area (Å²) in [4.78, 5) is 30.0. The van der Waals surface area contributed by atoms with E-state index in [1.54, 1.807) is 23.1 Å². The van der Waals surface area contributed by atoms with Crippen LogP contribution < -0.4 is 10.2 Å². The molecule has 32 heavy (non-hydrogen) atoms. The van der Waals surface area contributed by atoms with Crippen molar-refractivity contribution in [2.45, 2.75) is 31.8 Å². The van der Waals surface area contributed by atoms with Gasteiger partial charge in [0.1, 0.15) is 6.04 Å². The quantitative estimate of drug-likeness (QED) is 0.699. The molecule has 2 unspecified atom stereocenters. The fourth-order valence-corrected chi connectivity index (χ4v) is 4.66. The maximum Gasteiger partial charge on any atom is 0.256 e. The summed E-state index contributed by atoms with van der Waals surface area (Å²) in [6.45, 7) is 5.72. The summed E-state index contributed by atoms with van der Waals surface area (Å²) < 4.78 is 5.41. The van der Waals surface area contributed by atoms with E-state index in [0.29, 0.717) is 28.6 Å². The van der Waals surface area contributed by atoms with Gasteiger partial charge in [0.15, 0.2) is 0 Å². The summed E-state index contributed by atoms with van der Waals surface area (Å²) in [5, 5.41) is 3.84. The predicted octanol–water partition coefficient (Wildman–Crippen LogP) is 4.31. The van der Waals surface area contributed by atoms with Gasteiger partial charge in [-0.05, 0) is 55.7 Å². The molecule has 170 valence electrons. The second-order valence-electron chi connectivity index (χ2n) is 8.20. The van der Waals surface area contributed by atoms with Crippen LogP contribution in [0.2, 0.25) is 10.0 Å². The second kappa shape index (κ2) is 10.1. The predicted molar refractivity (Wildman–Crippen MR) is 127 cm³/mol. The minimum absolute atomic E-state index is 0.154. The Labute approximate surface area is 198 Å². The summed E-state index contributed by atoms with van der Waals surface area (Å²) in [6, 6.07) is 12.3. The Morgan fingerprint density at radius 3 is 2.50 bits per heavy atom. The number of hydrogen-bond donors (Lipinski definition) is 1. The lowest BCUT2D eigenvalue weighted by Crippen LogP contribution is -2.46. The Morgan fingerprint density at radius 1 is 1.06 bits per heavy atom. The molecule has 0 spiro atoms. The molecule has 2 atom stereocenters. The fraction of sp³-hybridized carbons (Fsp3) is 0.417. The number of nitrogens with zero attached hydrogens (tertiary/aromatic N) is 2. The topological polar surface area (TPSA) is 61.9 Å². The Kier molecular flexibility index (Phi) is 7.23. The van der Waals surface area contributed by atoms with Gasteiger partial charge >= 0.3 is 0 Å². The standard InChI is InChI=1S/C24H27Cl2N3O3/c1-16(17-4-7-19(8-5-17)28-11-13-32-14-12-28)27-23(30)22-3-2-10-29(22)24(31)20-15-18(25)6-9-21(20)26/h4-9,15-16,22H,2-3,10-14H2,1H3,(H,27,30). The molecule has 0 aliphatic carbocycles. The van der Waals surface area contributed by atoms with Crippen molar-refractivity contribution < 1.29 is 14.3 Å². The summed E-state index contributed by atoms with van der Waals surface area (Å²) in [5.41, 5.74) is 2.50. The van der Waals surface area contributed by atoms with Gasteiger partial charge in [0.2, 0.25) is 5.91 Å². The van der Waals surface area contributed by atoms with Crippen LogP contribution in [0, 0.1) is 0 Å². The van der Waals surface area contributed by atoms with Crippen LogP contribution in [0.25, 0.3) is 0 Å². The average molecular weight is 476 g/mol. The first kappa shape index (κ1) is 22.9. The van der Waals surface area contributed by atoms with Crippen molar-refractivity contribution in [2.24, 2.45) is 0 Å². The number of carbonyl (C=O) groups is 2. The molecule has 2 heterocycles. The molecule has 2 aromatic rings. The summed E-state index contributed by atoms with van der Waals surface area (Å²) in [6.07, 6.45) is 1.39. The third-order valence-corrected chi connectivity index (χ3v) is 6.67. The van der Waals surface area contributed by atoms with Crippen molar-refractivity contribution in [3.8, 4) is 0 Å². The van der Waals surface area contributed by atoms with Crippen molar-refractivity contribution >= 4 is 40.7 Å². The zero-order valence-corrected chi connectivity index (χ0v) is 19.5. The number of benzene rings is 2. The summed E-state index contributed by atoms with van der Waals surface area (Å²) in [7, 11) is 0. The normalized spacial score (nSPS) is 19.7. The lowest BCUT2D eigenvalue weighted by atomic mass is 10.1. The Morgan fingerprint density at radius 2 is 1.78 bits per heavy atom. The van der Waals surface area contributed by atoms with E-state index in [4.69, 9.17) is 27.9 Å². The number of nitrogens with one attached hydrogen (secondary N) is 1. The van der Waals surface area contributed by atoms with E-state index in [-0.39, 0.29) is 17.9 Å². The molecule has 0 saturated carbocycles. The molecule has 2 aliphatic heterocycles. The Balaban J connectivity index is 1.41. The van der Waals surface area contributed by atoms with Gasteiger partial charge in [-0.2, -0.15) is 0 Å². The number of likely N-dealkylation sites (tertiary alicyclic amines) is 1. The number of carbonyl (C=O) groups excluding carboxylic acids is 2. The minimum Gasteiger partial charge on any atom is -0.378 e. The molecular weight excluding hydrogens is 449 g/mol. The SMILES string of the molecule is CC(NC(=O)C1CCCN1C(=O)c1cc(Cl)ccc1Cl)c1ccc(N2CCOCC2)cc1. The van der Waals surface area contributed by atoms with Crippen LogP contribution in [0.1, 0.15) is 41.7 Å². The van der Waals surface area contributed by atoms with Gasteiger partial charge in [-0.25, -0.2) is 0 Å². The number of morpholine rings is 1. The van der Waals surface area contributed by atoms with Gasteiger partial charge < -0.3 is 19.9 Å². The van der Waals surface area contributed by atoms with E-state index < -0.39 is 6.04 Å². The molecule has 2 fully saturated rings. The number of amides is 2. The third kappa shape index (κ3) is 5.03. The van der Waals surface area contributed by atoms with Crippen LogP contribution in [0.5, 0.6) is 0 Å². The molecule has 2 aliphatic rings. The van der Waals surface area contributed by atoms with E-state index in [0.717, 1.165) is 44.0 Å². The summed E-state index contributed by atoms with van der Waals surface area (Å²) in [5.74, 6) is -0.420. The van der Waals surface area contributed by atoms with Crippen LogP contribution in [0.3, 0.4) is 0 Å². The zero-order valence-electron chi connectivity index (χ0n) is 18.0. The van der Waals surface area contributed by atoms with E-state index in [1.807, 2.05) is 19.1 Å². The van der Waals surface area contributed by atoms with Crippen LogP contribution in [-0.4, -0.2) is 55.6 Å². The maximum atomic E-state index is 13.1. The first-order chi connectivity index (χ1) is 15.4. The lowest BCUT2D eigenvalue weighted by molar-refractivity contribution is -0.125. The van der Waals surface area contributed by atoms with Crippen molar-refractivity contribution in [3.63, 3.8) is 0 Å². The number of ether oxygens (including phenoxy) is 1. The summed E-state index contributed by atoms with van der Waals surface area (Å²) >= 11 is 12.3. The highest BCUT2D eigenvalue weighted by molar-refractivity contribution is 6.35. The van der Waals surface area contributed by atoms with Crippen LogP contribution in [0.15, 0.2) is 42.5 Å². The Bertz CT molecular complexity index is 977. The molecule has 6 nitrogen and oxygen atoms in total. The zero-order chi connectivity index (χ0) is 22.7. The van der Waals surface area contributed by atoms with Crippen molar-refractivity contribution in [2.75, 3.05) is 37.7 Å². The molecule has 0 aromatic heterocycles. The third-order valence-electron chi connectivity index (χ3n) is 6.10. The van der Waals surface area contributed by atoms with E-state index in [1.165, 1.54) is 0 Å². The molecule has 0 radical (unpaired) electrons. The fourth-order valence-electron chi connectivity index (χ4n) is 4.29. The van der Waals surface area contributed by atoms with Gasteiger partial charge in [-0.3, -0.25) is 9.59 Å². The van der Waals surface area contributed by atoms with Crippen LogP contribution in [0.4, 0.5) is 5.69 Å². The molecule has 8 heteroatoms. The highest BCUT2D eigenvalue weighted by atomic mass is 35.5. The number of anilines is 1. The monoisotopic (exact) mass is 475 g/mol. The molecule has 1 N–H and O–H groups in total. The maximum absolute atomic E-state index is 13.1. The minimum atomic E-state index is -0.521. The van der Waals surface area contributed by atoms with E-state index >= 15 is 0 Å². The lowest BCUT2D eigenvalue weighted by Gasteiger charge is -2.29. The highest BCUT2D eigenvalue weighted by Gasteiger charge is 2.35. The van der Waals surface area contributed by atoms with Crippen molar-refractivity contribution in [1.29, 1.82) is 0 Å². The first-order valence-electron chi connectivity index (χ1n) is 10.9. The molecular formula is C24H27Cl2N3O3. The van der Waals surface area contributed by atoms with Gasteiger partial charge in [0.05, 0.1) is 29.8 Å². The van der Waals surface area contributed by atoms with Crippen LogP contribution >= 0.6 is 23.2 Å². The molecule has 2 saturated heterocycles. The van der Waals surface area contributed by atoms with Gasteiger partial charge in [-0.1, -0.05) is 35.3 Å². The van der Waals surface area contributed by atoms with Gasteiger partial charge in [-0.15, -0.1) is 0 Å². The van der Waals surface area contributed by atoms with E-state index in [9.17, 15) is 9.59 Å². The average Bonchev–Trinajstić information content (AvgIpc) is 3.31. The van der Waals surface area contributed by atoms with Gasteiger partial charge in [0, 0.05) is 30.3 Å². The molecule has 2 amide bonds. The largest absolute Gasteiger partial charge is 0.378 e. The van der Waals surface area contributed by atoms with Crippen molar-refractivity contribution in [3.05, 3.63) is 63.6 Å². The Hall–Kier alpha value is -2.28. The molecule has 2 aromatic carbocycles. The second-order valence-corrected chi connectivity index (χ2v) is 9.05. The number of rotatable bonds is 5.